The molecule has 0 aliphatic carbocycles. The molecule has 1 atom stereocenters. The number of allylic oxidation sites excluding steroid dienone is 1. The van der Waals surface area contributed by atoms with E-state index in [9.17, 15) is 0 Å². The van der Waals surface area contributed by atoms with E-state index in [4.69, 9.17) is 4.74 Å². The molecule has 0 N–H and O–H groups in total. The van der Waals surface area contributed by atoms with Crippen LogP contribution in [0, 0.1) is 5.92 Å². The summed E-state index contributed by atoms with van der Waals surface area (Å²) in [6.45, 7) is 6.51. The molecule has 0 aromatic carbocycles. The largest absolute Gasteiger partial charge is 0.475 e. The van der Waals surface area contributed by atoms with Gasteiger partial charge in [-0.05, 0) is 44.7 Å². The van der Waals surface area contributed by atoms with Crippen LogP contribution in [0.15, 0.2) is 12.2 Å². The molecule has 0 radical (unpaired) electrons. The maximum atomic E-state index is 5.85. The van der Waals surface area contributed by atoms with Gasteiger partial charge in [0.1, 0.15) is 5.69 Å². The summed E-state index contributed by atoms with van der Waals surface area (Å²) in [6, 6.07) is 0. The van der Waals surface area contributed by atoms with E-state index in [1.54, 1.807) is 0 Å². The highest BCUT2D eigenvalue weighted by Crippen LogP contribution is 2.41. The van der Waals surface area contributed by atoms with E-state index in [0.29, 0.717) is 12.5 Å². The Balaban J connectivity index is 1.60. The van der Waals surface area contributed by atoms with Crippen LogP contribution in [0.25, 0.3) is 0 Å². The molecule has 3 fully saturated rings. The van der Waals surface area contributed by atoms with Crippen molar-refractivity contribution in [3.05, 3.63) is 17.8 Å². The van der Waals surface area contributed by atoms with Crippen LogP contribution in [-0.4, -0.2) is 39.9 Å². The quantitative estimate of drug-likeness (QED) is 0.597. The van der Waals surface area contributed by atoms with Crippen molar-refractivity contribution in [2.75, 3.05) is 26.2 Å². The van der Waals surface area contributed by atoms with E-state index in [1.165, 1.54) is 37.7 Å². The fourth-order valence-corrected chi connectivity index (χ4v) is 3.86. The summed E-state index contributed by atoms with van der Waals surface area (Å²) in [6.07, 6.45) is 9.00. The summed E-state index contributed by atoms with van der Waals surface area (Å²) in [4.78, 5) is 2.55. The van der Waals surface area contributed by atoms with Crippen molar-refractivity contribution in [3.63, 3.8) is 0 Å². The van der Waals surface area contributed by atoms with E-state index in [0.717, 1.165) is 36.9 Å². The second-order valence-corrected chi connectivity index (χ2v) is 6.24. The first-order chi connectivity index (χ1) is 9.88. The van der Waals surface area contributed by atoms with Crippen LogP contribution in [0.1, 0.15) is 44.2 Å². The summed E-state index contributed by atoms with van der Waals surface area (Å²) in [7, 11) is 0. The van der Waals surface area contributed by atoms with Crippen LogP contribution < -0.4 is 4.74 Å². The summed E-state index contributed by atoms with van der Waals surface area (Å²) < 4.78 is 14.7. The molecule has 110 valence electrons. The van der Waals surface area contributed by atoms with Crippen molar-refractivity contribution >= 4 is 11.7 Å². The molecule has 1 aromatic rings. The van der Waals surface area contributed by atoms with Gasteiger partial charge in [0.15, 0.2) is 0 Å². The predicted molar refractivity (Wildman–Crippen MR) is 81.4 cm³/mol. The lowest BCUT2D eigenvalue weighted by molar-refractivity contribution is 0.0841. The molecule has 4 nitrogen and oxygen atoms in total. The zero-order chi connectivity index (χ0) is 13.8. The van der Waals surface area contributed by atoms with Gasteiger partial charge in [0.25, 0.3) is 0 Å². The number of piperidine rings is 3. The highest BCUT2D eigenvalue weighted by Gasteiger charge is 2.38. The Bertz CT molecular complexity index is 452. The van der Waals surface area contributed by atoms with E-state index in [2.05, 4.69) is 32.7 Å². The first-order valence-electron chi connectivity index (χ1n) is 7.71. The SMILES string of the molecule is CCC=CCCOc1nsnc1C1CN2CCC1CC2. The molecule has 0 spiro atoms. The fraction of sp³-hybridized carbons (Fsp3) is 0.733. The van der Waals surface area contributed by atoms with Gasteiger partial charge in [-0.3, -0.25) is 0 Å². The van der Waals surface area contributed by atoms with Crippen molar-refractivity contribution in [3.8, 4) is 5.88 Å². The molecule has 5 heteroatoms. The van der Waals surface area contributed by atoms with Crippen LogP contribution >= 0.6 is 11.7 Å². The van der Waals surface area contributed by atoms with Gasteiger partial charge >= 0.3 is 0 Å². The third-order valence-corrected chi connectivity index (χ3v) is 4.94. The number of hydrogen-bond donors (Lipinski definition) is 0. The molecular weight excluding hydrogens is 270 g/mol. The lowest BCUT2D eigenvalue weighted by Gasteiger charge is -2.44. The monoisotopic (exact) mass is 293 g/mol. The van der Waals surface area contributed by atoms with Gasteiger partial charge in [0.05, 0.1) is 18.3 Å². The van der Waals surface area contributed by atoms with Crippen LogP contribution in [0.5, 0.6) is 5.88 Å². The standard InChI is InChI=1S/C15H23N3OS/c1-2-3-4-5-10-19-15-14(16-20-17-15)13-11-18-8-6-12(13)7-9-18/h3-4,12-13H,2,5-11H2,1H3. The van der Waals surface area contributed by atoms with Gasteiger partial charge in [0.2, 0.25) is 5.88 Å². The van der Waals surface area contributed by atoms with Gasteiger partial charge < -0.3 is 9.64 Å². The average Bonchev–Trinajstić information content (AvgIpc) is 2.96. The molecule has 0 amide bonds. The summed E-state index contributed by atoms with van der Waals surface area (Å²) >= 11 is 1.29. The van der Waals surface area contributed by atoms with Crippen molar-refractivity contribution in [2.45, 2.75) is 38.5 Å². The Morgan fingerprint density at radius 3 is 2.85 bits per heavy atom. The van der Waals surface area contributed by atoms with E-state index in [1.807, 2.05) is 0 Å². The minimum absolute atomic E-state index is 0.539. The number of ether oxygens (including phenoxy) is 1. The molecule has 20 heavy (non-hydrogen) atoms. The van der Waals surface area contributed by atoms with Crippen LogP contribution in [0.2, 0.25) is 0 Å². The second-order valence-electron chi connectivity index (χ2n) is 5.72. The Kier molecular flexibility index (Phi) is 4.68. The molecule has 3 saturated heterocycles. The topological polar surface area (TPSA) is 38.3 Å². The summed E-state index contributed by atoms with van der Waals surface area (Å²) in [5, 5.41) is 0. The summed E-state index contributed by atoms with van der Waals surface area (Å²) in [5.41, 5.74) is 1.11. The maximum absolute atomic E-state index is 5.85. The number of nitrogens with zero attached hydrogens (tertiary/aromatic N) is 3. The van der Waals surface area contributed by atoms with E-state index >= 15 is 0 Å². The normalized spacial score (nSPS) is 29.1. The minimum atomic E-state index is 0.539. The molecule has 2 bridgehead atoms. The zero-order valence-electron chi connectivity index (χ0n) is 12.1. The van der Waals surface area contributed by atoms with Crippen LogP contribution in [-0.2, 0) is 0 Å². The molecule has 1 unspecified atom stereocenters. The molecule has 3 aliphatic heterocycles. The Morgan fingerprint density at radius 2 is 2.15 bits per heavy atom. The van der Waals surface area contributed by atoms with Gasteiger partial charge in [0, 0.05) is 12.5 Å². The maximum Gasteiger partial charge on any atom is 0.249 e. The molecule has 4 rings (SSSR count). The molecule has 0 saturated carbocycles. The lowest BCUT2D eigenvalue weighted by Crippen LogP contribution is -2.46. The molecule has 3 aliphatic rings. The predicted octanol–water partition coefficient (Wildman–Crippen LogP) is 3.08. The Labute approximate surface area is 125 Å². The van der Waals surface area contributed by atoms with Gasteiger partial charge in [-0.2, -0.15) is 4.37 Å². The van der Waals surface area contributed by atoms with Crippen LogP contribution in [0.3, 0.4) is 0 Å². The minimum Gasteiger partial charge on any atom is -0.475 e. The lowest BCUT2D eigenvalue weighted by atomic mass is 9.77. The zero-order valence-corrected chi connectivity index (χ0v) is 12.9. The summed E-state index contributed by atoms with van der Waals surface area (Å²) in [5.74, 6) is 2.11. The van der Waals surface area contributed by atoms with Gasteiger partial charge in [-0.25, -0.2) is 0 Å². The highest BCUT2D eigenvalue weighted by atomic mass is 32.1. The number of aromatic nitrogens is 2. The number of rotatable bonds is 6. The van der Waals surface area contributed by atoms with Crippen molar-refractivity contribution in [2.24, 2.45) is 5.92 Å². The van der Waals surface area contributed by atoms with Crippen molar-refractivity contribution < 1.29 is 4.74 Å². The highest BCUT2D eigenvalue weighted by molar-refractivity contribution is 6.99. The van der Waals surface area contributed by atoms with Crippen LogP contribution in [0.4, 0.5) is 0 Å². The number of hydrogen-bond acceptors (Lipinski definition) is 5. The van der Waals surface area contributed by atoms with E-state index < -0.39 is 0 Å². The molecule has 1 aromatic heterocycles. The number of fused-ring (bicyclic) bond motifs is 3. The fourth-order valence-electron chi connectivity index (χ4n) is 3.30. The van der Waals surface area contributed by atoms with Crippen molar-refractivity contribution in [1.82, 2.24) is 13.6 Å². The third kappa shape index (κ3) is 3.04. The average molecular weight is 293 g/mol. The molecule has 4 heterocycles. The van der Waals surface area contributed by atoms with Crippen molar-refractivity contribution in [1.29, 1.82) is 0 Å². The first-order valence-corrected chi connectivity index (χ1v) is 8.44. The molecular formula is C15H23N3OS. The third-order valence-electron chi connectivity index (χ3n) is 4.42. The second kappa shape index (κ2) is 6.68. The first kappa shape index (κ1) is 14.0. The van der Waals surface area contributed by atoms with E-state index in [-0.39, 0.29) is 0 Å². The smallest absolute Gasteiger partial charge is 0.249 e. The van der Waals surface area contributed by atoms with Gasteiger partial charge in [-0.15, -0.1) is 4.37 Å². The Morgan fingerprint density at radius 1 is 1.30 bits per heavy atom. The van der Waals surface area contributed by atoms with Gasteiger partial charge in [-0.1, -0.05) is 19.1 Å². The Hall–Kier alpha value is -0.940.